The Morgan fingerprint density at radius 3 is 1.38 bits per heavy atom. The summed E-state index contributed by atoms with van der Waals surface area (Å²) in [6.45, 7) is 17.8. The number of nitrogens with one attached hydrogen (secondary N) is 1. The number of carbonyl (C=O) groups is 3. The van der Waals surface area contributed by atoms with Gasteiger partial charge in [-0.1, -0.05) is 87.3 Å². The second-order valence-electron chi connectivity index (χ2n) is 17.6. The maximum atomic E-state index is 11.8. The molecule has 0 aliphatic heterocycles. The van der Waals surface area contributed by atoms with Crippen molar-refractivity contribution < 1.29 is 33.3 Å². The Balaban J connectivity index is 0.000000204. The third kappa shape index (κ3) is 17.0. The summed E-state index contributed by atoms with van der Waals surface area (Å²) >= 11 is 6.88. The number of nitrogens with two attached hydrogens (primary N) is 2. The standard InChI is InChI=1S/C14H18BrNO2.C11H15N.C10H18O5.C9H10BrN/c1-13(2,3)18-12(17)16-14(7-8-14)10-5-4-6-11(15)9-10;1-2-9-4-3-5-10(8-9)11(12)6-7-11;1-9(2,3)14-7(11)13-8(12)15-10(4,5)6;10-8-3-1-2-7(6-8)9(11)4-5-9/h4-6,9H,7-8H2,1-3H3,(H,16,17);3-5,8H,2,6-7,12H2,1H3;1-6H3;1-3,6H,4-5,11H2. The van der Waals surface area contributed by atoms with Crippen molar-refractivity contribution >= 4 is 50.3 Å². The van der Waals surface area contributed by atoms with Gasteiger partial charge >= 0.3 is 18.4 Å². The minimum Gasteiger partial charge on any atom is -0.444 e. The van der Waals surface area contributed by atoms with Crippen molar-refractivity contribution in [2.24, 2.45) is 11.5 Å². The number of hydrogen-bond donors (Lipinski definition) is 3. The Bertz CT molecular complexity index is 1770. The Morgan fingerprint density at radius 2 is 1.00 bits per heavy atom. The average molecular weight is 904 g/mol. The highest BCUT2D eigenvalue weighted by Crippen LogP contribution is 2.46. The molecule has 1 amide bonds. The summed E-state index contributed by atoms with van der Waals surface area (Å²) in [6, 6.07) is 25.0. The molecule has 0 radical (unpaired) electrons. The van der Waals surface area contributed by atoms with Gasteiger partial charge in [-0.05, 0) is 154 Å². The number of aryl methyl sites for hydroxylation is 1. The van der Waals surface area contributed by atoms with Crippen molar-refractivity contribution in [3.63, 3.8) is 0 Å². The van der Waals surface area contributed by atoms with E-state index in [-0.39, 0.29) is 22.7 Å². The number of carbonyl (C=O) groups excluding carboxylic acids is 3. The molecule has 3 aromatic carbocycles. The third-order valence-electron chi connectivity index (χ3n) is 8.70. The Kier molecular flexibility index (Phi) is 15.8. The number of benzene rings is 3. The third-order valence-corrected chi connectivity index (χ3v) is 9.69. The normalized spacial score (nSPS) is 16.7. The average Bonchev–Trinajstić information content (AvgIpc) is 3.98. The summed E-state index contributed by atoms with van der Waals surface area (Å²) in [5, 5.41) is 2.99. The number of rotatable bonds is 5. The molecular formula is C44H61Br2N3O7. The summed E-state index contributed by atoms with van der Waals surface area (Å²) in [5.74, 6) is 0. The van der Waals surface area contributed by atoms with E-state index in [9.17, 15) is 14.4 Å². The Morgan fingerprint density at radius 1 is 0.607 bits per heavy atom. The van der Waals surface area contributed by atoms with Crippen LogP contribution in [-0.4, -0.2) is 35.2 Å². The molecular weight excluding hydrogens is 842 g/mol. The molecule has 0 heterocycles. The highest BCUT2D eigenvalue weighted by molar-refractivity contribution is 9.10. The van der Waals surface area contributed by atoms with E-state index in [1.807, 2.05) is 57.2 Å². The van der Waals surface area contributed by atoms with Crippen LogP contribution in [0.25, 0.3) is 0 Å². The number of alkyl carbamates (subject to hydrolysis) is 1. The number of halogens is 2. The molecule has 6 rings (SSSR count). The zero-order valence-electron chi connectivity index (χ0n) is 34.6. The van der Waals surface area contributed by atoms with Gasteiger partial charge in [0.1, 0.15) is 16.8 Å². The molecule has 10 nitrogen and oxygen atoms in total. The minimum atomic E-state index is -1.06. The van der Waals surface area contributed by atoms with Gasteiger partial charge < -0.3 is 35.7 Å². The minimum absolute atomic E-state index is 0.00375. The van der Waals surface area contributed by atoms with Crippen LogP contribution in [0.1, 0.15) is 130 Å². The summed E-state index contributed by atoms with van der Waals surface area (Å²) in [4.78, 5) is 33.8. The van der Waals surface area contributed by atoms with Crippen LogP contribution in [0.4, 0.5) is 14.4 Å². The fourth-order valence-electron chi connectivity index (χ4n) is 5.25. The highest BCUT2D eigenvalue weighted by Gasteiger charge is 2.46. The predicted octanol–water partition coefficient (Wildman–Crippen LogP) is 11.4. The zero-order chi connectivity index (χ0) is 42.2. The molecule has 0 unspecified atom stereocenters. The highest BCUT2D eigenvalue weighted by atomic mass is 79.9. The van der Waals surface area contributed by atoms with Gasteiger partial charge in [0.2, 0.25) is 0 Å². The molecule has 308 valence electrons. The van der Waals surface area contributed by atoms with Gasteiger partial charge in [0, 0.05) is 20.0 Å². The molecule has 3 aliphatic rings. The van der Waals surface area contributed by atoms with Crippen molar-refractivity contribution in [2.75, 3.05) is 0 Å². The molecule has 5 N–H and O–H groups in total. The van der Waals surface area contributed by atoms with Gasteiger partial charge in [0.05, 0.1) is 5.54 Å². The largest absolute Gasteiger partial charge is 0.519 e. The first kappa shape index (κ1) is 46.9. The number of amides is 1. The van der Waals surface area contributed by atoms with E-state index < -0.39 is 29.1 Å². The monoisotopic (exact) mass is 901 g/mol. The molecule has 0 aromatic heterocycles. The molecule has 0 bridgehead atoms. The first-order valence-electron chi connectivity index (χ1n) is 19.1. The summed E-state index contributed by atoms with van der Waals surface area (Å²) in [6.07, 6.45) is 5.12. The topological polar surface area (TPSA) is 152 Å². The maximum Gasteiger partial charge on any atom is 0.519 e. The fourth-order valence-corrected chi connectivity index (χ4v) is 6.05. The van der Waals surface area contributed by atoms with Gasteiger partial charge in [0.25, 0.3) is 0 Å². The van der Waals surface area contributed by atoms with E-state index in [2.05, 4.69) is 85.2 Å². The summed E-state index contributed by atoms with van der Waals surface area (Å²) in [5.41, 5.74) is 15.2. The van der Waals surface area contributed by atoms with E-state index in [0.29, 0.717) is 0 Å². The number of ether oxygens (including phenoxy) is 4. The molecule has 56 heavy (non-hydrogen) atoms. The lowest BCUT2D eigenvalue weighted by atomic mass is 10.0. The van der Waals surface area contributed by atoms with Crippen molar-refractivity contribution in [1.29, 1.82) is 0 Å². The molecule has 3 fully saturated rings. The van der Waals surface area contributed by atoms with E-state index in [4.69, 9.17) is 25.7 Å². The molecule has 0 atom stereocenters. The van der Waals surface area contributed by atoms with Crippen LogP contribution in [0.3, 0.4) is 0 Å². The van der Waals surface area contributed by atoms with Crippen LogP contribution in [0.2, 0.25) is 0 Å². The second kappa shape index (κ2) is 18.9. The van der Waals surface area contributed by atoms with Gasteiger partial charge in [-0.25, -0.2) is 14.4 Å². The van der Waals surface area contributed by atoms with Gasteiger partial charge in [-0.2, -0.15) is 0 Å². The van der Waals surface area contributed by atoms with Crippen LogP contribution in [0.5, 0.6) is 0 Å². The quantitative estimate of drug-likeness (QED) is 0.129. The summed E-state index contributed by atoms with van der Waals surface area (Å²) < 4.78 is 21.2. The van der Waals surface area contributed by atoms with Gasteiger partial charge in [0.15, 0.2) is 0 Å². The molecule has 3 aromatic rings. The van der Waals surface area contributed by atoms with E-state index in [1.54, 1.807) is 41.5 Å². The SMILES string of the molecule is CC(C)(C)OC(=O)NC1(c2cccc(Br)c2)CC1.CC(C)(C)OC(=O)OC(=O)OC(C)(C)C.CCc1cccc(C2(N)CC2)c1.NC1(c2cccc(Br)c2)CC1. The Hall–Kier alpha value is -3.45. The van der Waals surface area contributed by atoms with Crippen molar-refractivity contribution in [3.05, 3.63) is 104 Å². The van der Waals surface area contributed by atoms with Crippen molar-refractivity contribution in [2.45, 2.75) is 148 Å². The number of hydrogen-bond acceptors (Lipinski definition) is 9. The second-order valence-corrected chi connectivity index (χ2v) is 19.5. The van der Waals surface area contributed by atoms with Crippen LogP contribution >= 0.6 is 31.9 Å². The lowest BCUT2D eigenvalue weighted by Crippen LogP contribution is -2.39. The Labute approximate surface area is 350 Å². The van der Waals surface area contributed by atoms with E-state index in [1.165, 1.54) is 16.7 Å². The van der Waals surface area contributed by atoms with E-state index in [0.717, 1.165) is 59.5 Å². The van der Waals surface area contributed by atoms with Crippen molar-refractivity contribution in [3.8, 4) is 0 Å². The summed E-state index contributed by atoms with van der Waals surface area (Å²) in [7, 11) is 0. The van der Waals surface area contributed by atoms with E-state index >= 15 is 0 Å². The molecule has 0 saturated heterocycles. The van der Waals surface area contributed by atoms with Gasteiger partial charge in [-0.15, -0.1) is 0 Å². The molecule has 0 spiro atoms. The van der Waals surface area contributed by atoms with Crippen molar-refractivity contribution in [1.82, 2.24) is 5.32 Å². The van der Waals surface area contributed by atoms with Gasteiger partial charge in [-0.3, -0.25) is 0 Å². The molecule has 3 saturated carbocycles. The van der Waals surface area contributed by atoms with Crippen LogP contribution in [-0.2, 0) is 42.0 Å². The first-order chi connectivity index (χ1) is 25.8. The first-order valence-corrected chi connectivity index (χ1v) is 20.7. The fraction of sp³-hybridized carbons (Fsp3) is 0.523. The van der Waals surface area contributed by atoms with Crippen LogP contribution in [0.15, 0.2) is 81.7 Å². The lowest BCUT2D eigenvalue weighted by molar-refractivity contribution is -0.0294. The lowest BCUT2D eigenvalue weighted by Gasteiger charge is -2.23. The zero-order valence-corrected chi connectivity index (χ0v) is 37.8. The molecule has 12 heteroatoms. The smallest absolute Gasteiger partial charge is 0.444 e. The van der Waals surface area contributed by atoms with Crippen LogP contribution in [0, 0.1) is 0 Å². The van der Waals surface area contributed by atoms with Crippen LogP contribution < -0.4 is 16.8 Å². The maximum absolute atomic E-state index is 11.8. The predicted molar refractivity (Wildman–Crippen MR) is 228 cm³/mol. The molecule has 3 aliphatic carbocycles.